The van der Waals surface area contributed by atoms with E-state index in [0.717, 1.165) is 6.07 Å². The summed E-state index contributed by atoms with van der Waals surface area (Å²) >= 11 is 0. The van der Waals surface area contributed by atoms with Gasteiger partial charge in [0.05, 0.1) is 5.56 Å². The van der Waals surface area contributed by atoms with Crippen LogP contribution in [0.2, 0.25) is 0 Å². The predicted molar refractivity (Wildman–Crippen MR) is 40.9 cm³/mol. The van der Waals surface area contributed by atoms with Crippen molar-refractivity contribution in [1.29, 1.82) is 0 Å². The SMILES string of the molecule is N.Nc1ccccc1C(F)(F)F. The van der Waals surface area contributed by atoms with E-state index in [9.17, 15) is 13.2 Å². The van der Waals surface area contributed by atoms with Crippen molar-refractivity contribution in [2.75, 3.05) is 5.73 Å². The van der Waals surface area contributed by atoms with Gasteiger partial charge in [0.1, 0.15) is 0 Å². The number of hydrogen-bond acceptors (Lipinski definition) is 2. The molecule has 0 aliphatic carbocycles. The standard InChI is InChI=1S/C7H6F3N.H3N/c8-7(9,10)5-3-1-2-4-6(5)11;/h1-4H,11H2;1H3. The molecule has 0 saturated carbocycles. The summed E-state index contributed by atoms with van der Waals surface area (Å²) in [5, 5.41) is 0. The molecule has 5 N–H and O–H groups in total. The number of anilines is 1. The highest BCUT2D eigenvalue weighted by molar-refractivity contribution is 5.47. The highest BCUT2D eigenvalue weighted by Gasteiger charge is 2.32. The second kappa shape index (κ2) is 3.44. The van der Waals surface area contributed by atoms with Gasteiger partial charge < -0.3 is 11.9 Å². The molecule has 5 heteroatoms. The summed E-state index contributed by atoms with van der Waals surface area (Å²) in [6.07, 6.45) is -4.34. The molecule has 0 amide bonds. The minimum atomic E-state index is -4.34. The molecule has 1 aromatic carbocycles. The maximum Gasteiger partial charge on any atom is 0.418 e. The largest absolute Gasteiger partial charge is 0.418 e. The molecule has 2 nitrogen and oxygen atoms in total. The fourth-order valence-electron chi connectivity index (χ4n) is 0.755. The maximum atomic E-state index is 12.0. The lowest BCUT2D eigenvalue weighted by Gasteiger charge is -2.07. The summed E-state index contributed by atoms with van der Waals surface area (Å²) in [6, 6.07) is 4.95. The number of hydrogen-bond donors (Lipinski definition) is 2. The van der Waals surface area contributed by atoms with E-state index in [4.69, 9.17) is 5.73 Å². The van der Waals surface area contributed by atoms with Crippen LogP contribution in [0.15, 0.2) is 24.3 Å². The lowest BCUT2D eigenvalue weighted by Crippen LogP contribution is -2.07. The third kappa shape index (κ3) is 2.13. The average Bonchev–Trinajstić information content (AvgIpc) is 1.86. The van der Waals surface area contributed by atoms with Crippen molar-refractivity contribution < 1.29 is 13.2 Å². The smallest absolute Gasteiger partial charge is 0.398 e. The van der Waals surface area contributed by atoms with Crippen molar-refractivity contribution in [3.8, 4) is 0 Å². The number of alkyl halides is 3. The topological polar surface area (TPSA) is 61.0 Å². The second-order valence-electron chi connectivity index (χ2n) is 2.09. The lowest BCUT2D eigenvalue weighted by atomic mass is 10.2. The van der Waals surface area contributed by atoms with E-state index in [1.165, 1.54) is 18.2 Å². The molecule has 0 saturated heterocycles. The van der Waals surface area contributed by atoms with Gasteiger partial charge in [-0.2, -0.15) is 13.2 Å². The third-order valence-corrected chi connectivity index (χ3v) is 1.27. The first-order valence-electron chi connectivity index (χ1n) is 2.93. The molecular weight excluding hydrogens is 169 g/mol. The van der Waals surface area contributed by atoms with Gasteiger partial charge >= 0.3 is 6.18 Å². The number of rotatable bonds is 0. The Labute approximate surface area is 67.8 Å². The van der Waals surface area contributed by atoms with Gasteiger partial charge in [-0.05, 0) is 12.1 Å². The summed E-state index contributed by atoms with van der Waals surface area (Å²) in [5.41, 5.74) is 4.07. The molecule has 12 heavy (non-hydrogen) atoms. The first-order valence-corrected chi connectivity index (χ1v) is 2.93. The molecule has 0 fully saturated rings. The Kier molecular flexibility index (Phi) is 3.09. The van der Waals surface area contributed by atoms with E-state index in [-0.39, 0.29) is 11.8 Å². The molecule has 0 unspecified atom stereocenters. The number of nitrogens with two attached hydrogens (primary N) is 1. The van der Waals surface area contributed by atoms with E-state index in [2.05, 4.69) is 0 Å². The van der Waals surface area contributed by atoms with Gasteiger partial charge in [0.25, 0.3) is 0 Å². The summed E-state index contributed by atoms with van der Waals surface area (Å²) in [7, 11) is 0. The number of nitrogen functional groups attached to an aromatic ring is 1. The molecule has 0 spiro atoms. The Balaban J connectivity index is 0.00000121. The van der Waals surface area contributed by atoms with Crippen LogP contribution in [-0.2, 0) is 6.18 Å². The normalized spacial score (nSPS) is 10.6. The summed E-state index contributed by atoms with van der Waals surface area (Å²) in [5.74, 6) is 0. The quantitative estimate of drug-likeness (QED) is 0.599. The van der Waals surface area contributed by atoms with E-state index in [1.807, 2.05) is 0 Å². The predicted octanol–water partition coefficient (Wildman–Crippen LogP) is 2.45. The van der Waals surface area contributed by atoms with Crippen molar-refractivity contribution >= 4 is 5.69 Å². The van der Waals surface area contributed by atoms with E-state index < -0.39 is 11.7 Å². The fraction of sp³-hybridized carbons (Fsp3) is 0.143. The van der Waals surface area contributed by atoms with Gasteiger partial charge in [-0.25, -0.2) is 0 Å². The Morgan fingerprint density at radius 1 is 1.08 bits per heavy atom. The average molecular weight is 178 g/mol. The lowest BCUT2D eigenvalue weighted by molar-refractivity contribution is -0.136. The van der Waals surface area contributed by atoms with E-state index in [1.54, 1.807) is 0 Å². The van der Waals surface area contributed by atoms with Crippen LogP contribution in [0.4, 0.5) is 18.9 Å². The Morgan fingerprint density at radius 3 is 1.92 bits per heavy atom. The van der Waals surface area contributed by atoms with Crippen LogP contribution in [0.1, 0.15) is 5.56 Å². The minimum Gasteiger partial charge on any atom is -0.398 e. The first kappa shape index (κ1) is 10.8. The maximum absolute atomic E-state index is 12.0. The Hall–Kier alpha value is -1.23. The number of halogens is 3. The zero-order valence-electron chi connectivity index (χ0n) is 6.23. The van der Waals surface area contributed by atoms with Crippen molar-refractivity contribution in [2.24, 2.45) is 0 Å². The molecule has 0 atom stereocenters. The van der Waals surface area contributed by atoms with Crippen molar-refractivity contribution in [3.05, 3.63) is 29.8 Å². The fourth-order valence-corrected chi connectivity index (χ4v) is 0.755. The number of para-hydroxylation sites is 1. The number of benzene rings is 1. The highest BCUT2D eigenvalue weighted by Crippen LogP contribution is 2.32. The molecule has 1 rings (SSSR count). The summed E-state index contributed by atoms with van der Waals surface area (Å²) in [6.45, 7) is 0. The molecule has 1 aromatic rings. The molecule has 0 aliphatic heterocycles. The Bertz CT molecular complexity index is 257. The van der Waals surface area contributed by atoms with Gasteiger partial charge in [0, 0.05) is 5.69 Å². The van der Waals surface area contributed by atoms with Crippen molar-refractivity contribution in [3.63, 3.8) is 0 Å². The second-order valence-corrected chi connectivity index (χ2v) is 2.09. The Morgan fingerprint density at radius 2 is 1.58 bits per heavy atom. The monoisotopic (exact) mass is 178 g/mol. The summed E-state index contributed by atoms with van der Waals surface area (Å²) < 4.78 is 35.9. The molecule has 0 heterocycles. The molecule has 0 aromatic heterocycles. The van der Waals surface area contributed by atoms with E-state index in [0.29, 0.717) is 0 Å². The minimum absolute atomic E-state index is 0. The molecule has 0 aliphatic rings. The van der Waals surface area contributed by atoms with Crippen LogP contribution >= 0.6 is 0 Å². The van der Waals surface area contributed by atoms with Gasteiger partial charge in [-0.1, -0.05) is 12.1 Å². The molecule has 68 valence electrons. The van der Waals surface area contributed by atoms with Crippen molar-refractivity contribution in [1.82, 2.24) is 6.15 Å². The van der Waals surface area contributed by atoms with Gasteiger partial charge in [-0.3, -0.25) is 0 Å². The zero-order chi connectivity index (χ0) is 8.48. The zero-order valence-corrected chi connectivity index (χ0v) is 6.23. The van der Waals surface area contributed by atoms with Crippen LogP contribution in [0.5, 0.6) is 0 Å². The van der Waals surface area contributed by atoms with Crippen LogP contribution < -0.4 is 11.9 Å². The van der Waals surface area contributed by atoms with Gasteiger partial charge in [-0.15, -0.1) is 0 Å². The van der Waals surface area contributed by atoms with Crippen molar-refractivity contribution in [2.45, 2.75) is 6.18 Å². The highest BCUT2D eigenvalue weighted by atomic mass is 19.4. The van der Waals surface area contributed by atoms with E-state index >= 15 is 0 Å². The van der Waals surface area contributed by atoms with Gasteiger partial charge in [0.15, 0.2) is 0 Å². The molecular formula is C7H9F3N2. The van der Waals surface area contributed by atoms with Crippen LogP contribution in [0, 0.1) is 0 Å². The third-order valence-electron chi connectivity index (χ3n) is 1.27. The van der Waals surface area contributed by atoms with Crippen LogP contribution in [-0.4, -0.2) is 0 Å². The summed E-state index contributed by atoms with van der Waals surface area (Å²) in [4.78, 5) is 0. The molecule has 0 bridgehead atoms. The van der Waals surface area contributed by atoms with Crippen LogP contribution in [0.3, 0.4) is 0 Å². The molecule has 0 radical (unpaired) electrons. The van der Waals surface area contributed by atoms with Crippen LogP contribution in [0.25, 0.3) is 0 Å². The first-order chi connectivity index (χ1) is 5.02. The van der Waals surface area contributed by atoms with Gasteiger partial charge in [0.2, 0.25) is 0 Å².